The Bertz CT molecular complexity index is 382. The Morgan fingerprint density at radius 1 is 1.17 bits per heavy atom. The Kier molecular flexibility index (Phi) is 7.00. The summed E-state index contributed by atoms with van der Waals surface area (Å²) in [6, 6.07) is 7.77. The lowest BCUT2D eigenvalue weighted by molar-refractivity contribution is -0.118. The molecular weight excluding hydrogens is 224 g/mol. The second-order valence-corrected chi connectivity index (χ2v) is 4.67. The van der Waals surface area contributed by atoms with Gasteiger partial charge in [0.05, 0.1) is 0 Å². The highest BCUT2D eigenvalue weighted by Crippen LogP contribution is 2.10. The number of ketones is 1. The minimum atomic E-state index is 0.369. The molecule has 18 heavy (non-hydrogen) atoms. The molecule has 0 aliphatic heterocycles. The van der Waals surface area contributed by atoms with Crippen LogP contribution in [0.3, 0.4) is 0 Å². The van der Waals surface area contributed by atoms with Crippen LogP contribution in [-0.2, 0) is 11.2 Å². The van der Waals surface area contributed by atoms with Crippen LogP contribution in [0.5, 0.6) is 0 Å². The molecule has 0 saturated heterocycles. The molecule has 0 bridgehead atoms. The van der Waals surface area contributed by atoms with E-state index in [-0.39, 0.29) is 0 Å². The van der Waals surface area contributed by atoms with E-state index in [0.717, 1.165) is 50.4 Å². The first-order valence-corrected chi connectivity index (χ1v) is 6.82. The SMILES string of the molecule is CCC(=O)CCCCCCc1cccc(C=O)c1. The molecule has 0 unspecified atom stereocenters. The molecule has 0 heterocycles. The fourth-order valence-electron chi connectivity index (χ4n) is 2.00. The molecule has 0 saturated carbocycles. The summed E-state index contributed by atoms with van der Waals surface area (Å²) in [5.41, 5.74) is 1.98. The summed E-state index contributed by atoms with van der Waals surface area (Å²) < 4.78 is 0. The molecule has 1 aromatic rings. The lowest BCUT2D eigenvalue weighted by Crippen LogP contribution is -1.94. The van der Waals surface area contributed by atoms with E-state index in [1.165, 1.54) is 5.56 Å². The Morgan fingerprint density at radius 2 is 1.94 bits per heavy atom. The van der Waals surface area contributed by atoms with Gasteiger partial charge in [0.1, 0.15) is 12.1 Å². The van der Waals surface area contributed by atoms with Crippen LogP contribution in [0.1, 0.15) is 61.4 Å². The Balaban J connectivity index is 2.14. The monoisotopic (exact) mass is 246 g/mol. The quantitative estimate of drug-likeness (QED) is 0.488. The maximum atomic E-state index is 11.1. The standard InChI is InChI=1S/C16H22O2/c1-2-16(18)11-6-4-3-5-8-14-9-7-10-15(12-14)13-17/h7,9-10,12-13H,2-6,8,11H2,1H3. The molecule has 0 aliphatic carbocycles. The summed E-state index contributed by atoms with van der Waals surface area (Å²) in [6.07, 6.45) is 7.73. The van der Waals surface area contributed by atoms with Gasteiger partial charge < -0.3 is 0 Å². The molecule has 2 heteroatoms. The highest BCUT2D eigenvalue weighted by Gasteiger charge is 1.99. The molecule has 0 spiro atoms. The first kappa shape index (κ1) is 14.6. The molecule has 0 amide bonds. The number of carbonyl (C=O) groups excluding carboxylic acids is 2. The third-order valence-electron chi connectivity index (χ3n) is 3.15. The molecule has 1 rings (SSSR count). The van der Waals surface area contributed by atoms with Gasteiger partial charge in [-0.1, -0.05) is 38.0 Å². The van der Waals surface area contributed by atoms with Gasteiger partial charge >= 0.3 is 0 Å². The lowest BCUT2D eigenvalue weighted by atomic mass is 10.0. The second-order valence-electron chi connectivity index (χ2n) is 4.67. The first-order chi connectivity index (χ1) is 8.76. The molecule has 0 aromatic heterocycles. The van der Waals surface area contributed by atoms with E-state index >= 15 is 0 Å². The Morgan fingerprint density at radius 3 is 2.67 bits per heavy atom. The number of carbonyl (C=O) groups is 2. The number of unbranched alkanes of at least 4 members (excludes halogenated alkanes) is 3. The number of hydrogen-bond donors (Lipinski definition) is 0. The zero-order chi connectivity index (χ0) is 13.2. The van der Waals surface area contributed by atoms with Crippen LogP contribution >= 0.6 is 0 Å². The zero-order valence-corrected chi connectivity index (χ0v) is 11.2. The van der Waals surface area contributed by atoms with Crippen molar-refractivity contribution in [2.75, 3.05) is 0 Å². The van der Waals surface area contributed by atoms with Gasteiger partial charge in [-0.15, -0.1) is 0 Å². The van der Waals surface area contributed by atoms with Gasteiger partial charge in [-0.2, -0.15) is 0 Å². The summed E-state index contributed by atoms with van der Waals surface area (Å²) in [5.74, 6) is 0.369. The molecule has 2 nitrogen and oxygen atoms in total. The van der Waals surface area contributed by atoms with Crippen molar-refractivity contribution in [2.24, 2.45) is 0 Å². The normalized spacial score (nSPS) is 10.3. The van der Waals surface area contributed by atoms with Gasteiger partial charge in [-0.05, 0) is 30.9 Å². The largest absolute Gasteiger partial charge is 0.300 e. The van der Waals surface area contributed by atoms with Crippen molar-refractivity contribution < 1.29 is 9.59 Å². The minimum Gasteiger partial charge on any atom is -0.300 e. The highest BCUT2D eigenvalue weighted by molar-refractivity contribution is 5.77. The zero-order valence-electron chi connectivity index (χ0n) is 11.2. The maximum absolute atomic E-state index is 11.1. The predicted molar refractivity (Wildman–Crippen MR) is 73.9 cm³/mol. The average Bonchev–Trinajstić information content (AvgIpc) is 2.42. The smallest absolute Gasteiger partial charge is 0.150 e. The number of aryl methyl sites for hydroxylation is 1. The molecule has 98 valence electrons. The van der Waals surface area contributed by atoms with E-state index in [9.17, 15) is 9.59 Å². The number of aldehydes is 1. The van der Waals surface area contributed by atoms with Crippen molar-refractivity contribution in [3.8, 4) is 0 Å². The van der Waals surface area contributed by atoms with Crippen LogP contribution in [0.25, 0.3) is 0 Å². The minimum absolute atomic E-state index is 0.369. The Hall–Kier alpha value is -1.44. The van der Waals surface area contributed by atoms with E-state index < -0.39 is 0 Å². The Labute approximate surface area is 109 Å². The summed E-state index contributed by atoms with van der Waals surface area (Å²) in [5, 5.41) is 0. The van der Waals surface area contributed by atoms with E-state index in [2.05, 4.69) is 6.07 Å². The van der Waals surface area contributed by atoms with Crippen molar-refractivity contribution in [1.29, 1.82) is 0 Å². The van der Waals surface area contributed by atoms with Crippen molar-refractivity contribution in [2.45, 2.75) is 51.9 Å². The first-order valence-electron chi connectivity index (χ1n) is 6.82. The third kappa shape index (κ3) is 5.76. The van der Waals surface area contributed by atoms with Crippen LogP contribution in [0, 0.1) is 0 Å². The number of benzene rings is 1. The van der Waals surface area contributed by atoms with Crippen LogP contribution in [0.15, 0.2) is 24.3 Å². The van der Waals surface area contributed by atoms with Crippen LogP contribution in [0.4, 0.5) is 0 Å². The van der Waals surface area contributed by atoms with Gasteiger partial charge in [0.15, 0.2) is 0 Å². The summed E-state index contributed by atoms with van der Waals surface area (Å²) >= 11 is 0. The van der Waals surface area contributed by atoms with Crippen LogP contribution < -0.4 is 0 Å². The van der Waals surface area contributed by atoms with Gasteiger partial charge in [0.25, 0.3) is 0 Å². The number of hydrogen-bond acceptors (Lipinski definition) is 2. The molecule has 0 atom stereocenters. The van der Waals surface area contributed by atoms with E-state index in [0.29, 0.717) is 12.2 Å². The lowest BCUT2D eigenvalue weighted by Gasteiger charge is -2.02. The average molecular weight is 246 g/mol. The molecule has 0 N–H and O–H groups in total. The fourth-order valence-corrected chi connectivity index (χ4v) is 2.00. The van der Waals surface area contributed by atoms with E-state index in [1.54, 1.807) is 0 Å². The van der Waals surface area contributed by atoms with Crippen molar-refractivity contribution in [3.63, 3.8) is 0 Å². The maximum Gasteiger partial charge on any atom is 0.150 e. The molecule has 0 fully saturated rings. The summed E-state index contributed by atoms with van der Waals surface area (Å²) in [4.78, 5) is 21.7. The van der Waals surface area contributed by atoms with Crippen LogP contribution in [-0.4, -0.2) is 12.1 Å². The van der Waals surface area contributed by atoms with Gasteiger partial charge in [-0.25, -0.2) is 0 Å². The van der Waals surface area contributed by atoms with E-state index in [4.69, 9.17) is 0 Å². The van der Waals surface area contributed by atoms with Gasteiger partial charge in [0.2, 0.25) is 0 Å². The third-order valence-corrected chi connectivity index (χ3v) is 3.15. The summed E-state index contributed by atoms with van der Waals surface area (Å²) in [6.45, 7) is 1.92. The van der Waals surface area contributed by atoms with E-state index in [1.807, 2.05) is 25.1 Å². The molecule has 0 aliphatic rings. The van der Waals surface area contributed by atoms with Crippen LogP contribution in [0.2, 0.25) is 0 Å². The second kappa shape index (κ2) is 8.62. The topological polar surface area (TPSA) is 34.1 Å². The highest BCUT2D eigenvalue weighted by atomic mass is 16.1. The van der Waals surface area contributed by atoms with Crippen molar-refractivity contribution in [1.82, 2.24) is 0 Å². The van der Waals surface area contributed by atoms with Gasteiger partial charge in [-0.3, -0.25) is 9.59 Å². The number of rotatable bonds is 9. The summed E-state index contributed by atoms with van der Waals surface area (Å²) in [7, 11) is 0. The predicted octanol–water partition coefficient (Wildman–Crippen LogP) is 3.97. The van der Waals surface area contributed by atoms with Gasteiger partial charge in [0, 0.05) is 18.4 Å². The van der Waals surface area contributed by atoms with Crippen molar-refractivity contribution >= 4 is 12.1 Å². The number of Topliss-reactive ketones (excluding diaryl/α,β-unsaturated/α-hetero) is 1. The molecule has 0 radical (unpaired) electrons. The van der Waals surface area contributed by atoms with Crippen molar-refractivity contribution in [3.05, 3.63) is 35.4 Å². The molecule has 1 aromatic carbocycles. The molecular formula is C16H22O2. The fraction of sp³-hybridized carbons (Fsp3) is 0.500.